The second-order valence-corrected chi connectivity index (χ2v) is 6.44. The zero-order valence-corrected chi connectivity index (χ0v) is 13.6. The summed E-state index contributed by atoms with van der Waals surface area (Å²) >= 11 is 1.49. The molecule has 0 saturated carbocycles. The second-order valence-electron chi connectivity index (χ2n) is 5.37. The summed E-state index contributed by atoms with van der Waals surface area (Å²) in [6, 6.07) is 5.82. The lowest BCUT2D eigenvalue weighted by atomic mass is 10.1. The molecule has 2 heterocycles. The minimum absolute atomic E-state index is 0.0157. The Morgan fingerprint density at radius 3 is 2.91 bits per heavy atom. The van der Waals surface area contributed by atoms with Gasteiger partial charge in [0.15, 0.2) is 5.16 Å². The van der Waals surface area contributed by atoms with Gasteiger partial charge < -0.3 is 4.90 Å². The van der Waals surface area contributed by atoms with Gasteiger partial charge in [0.2, 0.25) is 0 Å². The molecule has 0 N–H and O–H groups in total. The molecule has 1 aromatic carbocycles. The van der Waals surface area contributed by atoms with E-state index in [2.05, 4.69) is 4.98 Å². The van der Waals surface area contributed by atoms with Crippen molar-refractivity contribution in [1.29, 1.82) is 0 Å². The van der Waals surface area contributed by atoms with Gasteiger partial charge in [-0.3, -0.25) is 14.2 Å². The Labute approximate surface area is 137 Å². The molecular weight excluding hydrogens is 317 g/mol. The molecule has 1 aliphatic rings. The van der Waals surface area contributed by atoms with Crippen LogP contribution in [0.1, 0.15) is 28.9 Å². The molecule has 1 unspecified atom stereocenters. The zero-order valence-electron chi connectivity index (χ0n) is 12.8. The molecule has 1 amide bonds. The van der Waals surface area contributed by atoms with Crippen LogP contribution in [0.2, 0.25) is 0 Å². The Kier molecular flexibility index (Phi) is 4.21. The number of carbonyl (C=O) groups is 1. The fourth-order valence-corrected chi connectivity index (χ4v) is 3.47. The molecule has 1 aromatic heterocycles. The Morgan fingerprint density at radius 2 is 2.17 bits per heavy atom. The molecule has 0 fully saturated rings. The summed E-state index contributed by atoms with van der Waals surface area (Å²) in [4.78, 5) is 30.6. The number of carbonyl (C=O) groups excluding carboxylic acids is 1. The van der Waals surface area contributed by atoms with Crippen molar-refractivity contribution in [2.75, 3.05) is 12.8 Å². The van der Waals surface area contributed by atoms with E-state index < -0.39 is 11.9 Å². The first-order chi connectivity index (χ1) is 11.0. The van der Waals surface area contributed by atoms with Gasteiger partial charge in [0.1, 0.15) is 11.4 Å². The lowest BCUT2D eigenvalue weighted by molar-refractivity contribution is 0.0737. The number of aromatic nitrogens is 2. The Balaban J connectivity index is 1.92. The van der Waals surface area contributed by atoms with E-state index in [1.54, 1.807) is 32.2 Å². The number of benzene rings is 1. The Morgan fingerprint density at radius 1 is 1.43 bits per heavy atom. The van der Waals surface area contributed by atoms with Crippen molar-refractivity contribution in [3.63, 3.8) is 0 Å². The van der Waals surface area contributed by atoms with Crippen LogP contribution in [0.25, 0.3) is 0 Å². The first-order valence-corrected chi connectivity index (χ1v) is 8.23. The van der Waals surface area contributed by atoms with E-state index in [9.17, 15) is 14.0 Å². The van der Waals surface area contributed by atoms with Crippen molar-refractivity contribution in [2.24, 2.45) is 0 Å². The smallest absolute Gasteiger partial charge is 0.267 e. The predicted molar refractivity (Wildman–Crippen MR) is 86.1 cm³/mol. The molecule has 0 aliphatic carbocycles. The van der Waals surface area contributed by atoms with Gasteiger partial charge >= 0.3 is 0 Å². The number of thioether (sulfide) groups is 1. The van der Waals surface area contributed by atoms with Gasteiger partial charge in [-0.15, -0.1) is 0 Å². The first kappa shape index (κ1) is 15.7. The van der Waals surface area contributed by atoms with Crippen LogP contribution in [0.15, 0.2) is 40.4 Å². The molecule has 1 aliphatic heterocycles. The minimum Gasteiger partial charge on any atom is -0.335 e. The van der Waals surface area contributed by atoms with Crippen LogP contribution in [0.4, 0.5) is 4.39 Å². The van der Waals surface area contributed by atoms with Gasteiger partial charge in [-0.2, -0.15) is 0 Å². The highest BCUT2D eigenvalue weighted by molar-refractivity contribution is 7.99. The van der Waals surface area contributed by atoms with Crippen LogP contribution in [-0.2, 0) is 6.54 Å². The second kappa shape index (κ2) is 6.16. The van der Waals surface area contributed by atoms with E-state index in [0.717, 1.165) is 5.75 Å². The van der Waals surface area contributed by atoms with E-state index in [0.29, 0.717) is 17.3 Å². The van der Waals surface area contributed by atoms with Crippen molar-refractivity contribution in [3.8, 4) is 0 Å². The van der Waals surface area contributed by atoms with Crippen molar-refractivity contribution >= 4 is 17.7 Å². The monoisotopic (exact) mass is 333 g/mol. The topological polar surface area (TPSA) is 55.2 Å². The van der Waals surface area contributed by atoms with Crippen molar-refractivity contribution in [1.82, 2.24) is 14.5 Å². The van der Waals surface area contributed by atoms with E-state index in [-0.39, 0.29) is 16.9 Å². The summed E-state index contributed by atoms with van der Waals surface area (Å²) < 4.78 is 15.4. The maximum absolute atomic E-state index is 13.9. The third-order valence-corrected chi connectivity index (χ3v) is 5.01. The Hall–Kier alpha value is -2.15. The molecule has 0 radical (unpaired) electrons. The predicted octanol–water partition coefficient (Wildman–Crippen LogP) is 2.32. The average molecular weight is 333 g/mol. The molecule has 2 aromatic rings. The number of halogens is 1. The summed E-state index contributed by atoms with van der Waals surface area (Å²) in [5.74, 6) is -0.0493. The number of hydrogen-bond donors (Lipinski definition) is 0. The standard InChI is InChI=1S/C16H16FN3O2S/c1-10(11-5-3-4-6-13(11)17)19(2)14(21)12-9-18-16-20(15(12)22)7-8-23-16/h3-6,9-10H,7-8H2,1-2H3. The van der Waals surface area contributed by atoms with Crippen LogP contribution in [-0.4, -0.2) is 33.2 Å². The molecule has 1 atom stereocenters. The van der Waals surface area contributed by atoms with Gasteiger partial charge in [0, 0.05) is 31.1 Å². The molecule has 120 valence electrons. The molecule has 0 saturated heterocycles. The summed E-state index contributed by atoms with van der Waals surface area (Å²) in [7, 11) is 1.56. The van der Waals surface area contributed by atoms with Crippen molar-refractivity contribution < 1.29 is 9.18 Å². The number of nitrogens with zero attached hydrogens (tertiary/aromatic N) is 3. The summed E-state index contributed by atoms with van der Waals surface area (Å²) in [5, 5.41) is 0.636. The van der Waals surface area contributed by atoms with Gasteiger partial charge in [-0.1, -0.05) is 30.0 Å². The number of amides is 1. The zero-order chi connectivity index (χ0) is 16.6. The molecular formula is C16H16FN3O2S. The Bertz CT molecular complexity index is 821. The van der Waals surface area contributed by atoms with Crippen LogP contribution >= 0.6 is 11.8 Å². The SMILES string of the molecule is CC(c1ccccc1F)N(C)C(=O)c1cnc2n(c1=O)CCS2. The molecule has 23 heavy (non-hydrogen) atoms. The third kappa shape index (κ3) is 2.76. The highest BCUT2D eigenvalue weighted by Gasteiger charge is 2.26. The van der Waals surface area contributed by atoms with E-state index in [1.807, 2.05) is 0 Å². The minimum atomic E-state index is -0.490. The number of rotatable bonds is 3. The van der Waals surface area contributed by atoms with Crippen molar-refractivity contribution in [3.05, 3.63) is 57.8 Å². The summed E-state index contributed by atoms with van der Waals surface area (Å²) in [6.45, 7) is 2.28. The number of hydrogen-bond acceptors (Lipinski definition) is 4. The van der Waals surface area contributed by atoms with Crippen LogP contribution in [0.3, 0.4) is 0 Å². The highest BCUT2D eigenvalue weighted by Crippen LogP contribution is 2.24. The lowest BCUT2D eigenvalue weighted by Crippen LogP contribution is -2.36. The highest BCUT2D eigenvalue weighted by atomic mass is 32.2. The van der Waals surface area contributed by atoms with Crippen molar-refractivity contribution in [2.45, 2.75) is 24.7 Å². The third-order valence-electron chi connectivity index (χ3n) is 4.04. The van der Waals surface area contributed by atoms with Crippen LogP contribution in [0.5, 0.6) is 0 Å². The maximum atomic E-state index is 13.9. The van der Waals surface area contributed by atoms with E-state index in [4.69, 9.17) is 0 Å². The first-order valence-electron chi connectivity index (χ1n) is 7.25. The molecule has 7 heteroatoms. The van der Waals surface area contributed by atoms with E-state index >= 15 is 0 Å². The van der Waals surface area contributed by atoms with Gasteiger partial charge in [0.25, 0.3) is 11.5 Å². The fourth-order valence-electron chi connectivity index (χ4n) is 2.55. The van der Waals surface area contributed by atoms with Crippen LogP contribution < -0.4 is 5.56 Å². The molecule has 5 nitrogen and oxygen atoms in total. The van der Waals surface area contributed by atoms with Gasteiger partial charge in [-0.25, -0.2) is 9.37 Å². The quantitative estimate of drug-likeness (QED) is 0.809. The normalized spacial score (nSPS) is 14.4. The van der Waals surface area contributed by atoms with Gasteiger partial charge in [-0.05, 0) is 13.0 Å². The lowest BCUT2D eigenvalue weighted by Gasteiger charge is -2.25. The average Bonchev–Trinajstić information content (AvgIpc) is 3.03. The van der Waals surface area contributed by atoms with E-state index in [1.165, 1.54) is 33.5 Å². The van der Waals surface area contributed by atoms with Crippen LogP contribution in [0, 0.1) is 5.82 Å². The summed E-state index contributed by atoms with van der Waals surface area (Å²) in [5.41, 5.74) is 0.0904. The molecule has 3 rings (SSSR count). The molecule has 0 spiro atoms. The summed E-state index contributed by atoms with van der Waals surface area (Å²) in [6.07, 6.45) is 1.32. The van der Waals surface area contributed by atoms with Gasteiger partial charge in [0.05, 0.1) is 6.04 Å². The largest absolute Gasteiger partial charge is 0.335 e. The fraction of sp³-hybridized carbons (Fsp3) is 0.312. The maximum Gasteiger partial charge on any atom is 0.267 e. The number of fused-ring (bicyclic) bond motifs is 1. The molecule has 0 bridgehead atoms.